The Labute approximate surface area is 86.0 Å². The summed E-state index contributed by atoms with van der Waals surface area (Å²) in [5.74, 6) is -0.437. The van der Waals surface area contributed by atoms with E-state index in [1.54, 1.807) is 13.1 Å². The third-order valence-corrected chi connectivity index (χ3v) is 2.17. The highest BCUT2D eigenvalue weighted by atomic mass is 32.2. The van der Waals surface area contributed by atoms with Crippen LogP contribution in [0.1, 0.15) is 6.92 Å². The van der Waals surface area contributed by atoms with Gasteiger partial charge in [0.25, 0.3) is 0 Å². The number of aromatic nitrogens is 2. The van der Waals surface area contributed by atoms with Gasteiger partial charge < -0.3 is 10.4 Å². The highest BCUT2D eigenvalue weighted by Crippen LogP contribution is 2.12. The molecule has 6 heteroatoms. The van der Waals surface area contributed by atoms with Crippen LogP contribution in [0.15, 0.2) is 17.4 Å². The molecule has 76 valence electrons. The second kappa shape index (κ2) is 4.80. The van der Waals surface area contributed by atoms with Crippen LogP contribution in [-0.4, -0.2) is 33.3 Å². The first-order chi connectivity index (χ1) is 6.63. The van der Waals surface area contributed by atoms with Gasteiger partial charge in [0, 0.05) is 0 Å². The molecule has 0 radical (unpaired) electrons. The van der Waals surface area contributed by atoms with E-state index >= 15 is 0 Å². The number of nitrogens with one attached hydrogen (secondary N) is 1. The van der Waals surface area contributed by atoms with E-state index in [-0.39, 0.29) is 0 Å². The zero-order chi connectivity index (χ0) is 10.6. The summed E-state index contributed by atoms with van der Waals surface area (Å²) in [5.41, 5.74) is 0. The lowest BCUT2D eigenvalue weighted by Gasteiger charge is -2.09. The molecule has 1 rings (SSSR count). The zero-order valence-electron chi connectivity index (χ0n) is 7.89. The summed E-state index contributed by atoms with van der Waals surface area (Å²) in [6.07, 6.45) is 5.01. The second-order valence-corrected chi connectivity index (χ2v) is 3.48. The number of carboxylic acid groups (broad SMARTS) is 1. The van der Waals surface area contributed by atoms with Gasteiger partial charge in [-0.05, 0) is 13.2 Å². The van der Waals surface area contributed by atoms with E-state index < -0.39 is 12.0 Å². The molecule has 14 heavy (non-hydrogen) atoms. The fraction of sp³-hybridized carbons (Fsp3) is 0.375. The summed E-state index contributed by atoms with van der Waals surface area (Å²) < 4.78 is 0. The predicted molar refractivity (Wildman–Crippen MR) is 54.5 cm³/mol. The second-order valence-electron chi connectivity index (χ2n) is 2.65. The van der Waals surface area contributed by atoms with Gasteiger partial charge in [-0.3, -0.25) is 9.78 Å². The fourth-order valence-electron chi connectivity index (χ4n) is 0.800. The number of thioether (sulfide) groups is 1. The predicted octanol–water partition coefficient (Wildman–Crippen LogP) is 1.08. The fourth-order valence-corrected chi connectivity index (χ4v) is 1.16. The minimum atomic E-state index is -0.915. The largest absolute Gasteiger partial charge is 0.480 e. The van der Waals surface area contributed by atoms with E-state index in [0.29, 0.717) is 5.82 Å². The zero-order valence-corrected chi connectivity index (χ0v) is 8.71. The Hall–Kier alpha value is -1.30. The lowest BCUT2D eigenvalue weighted by atomic mass is 10.3. The minimum absolute atomic E-state index is 0.478. The van der Waals surface area contributed by atoms with Crippen LogP contribution in [0.4, 0.5) is 5.82 Å². The molecule has 0 aliphatic rings. The van der Waals surface area contributed by atoms with Crippen molar-refractivity contribution in [1.82, 2.24) is 9.97 Å². The number of hydrogen-bond donors (Lipinski definition) is 2. The Kier molecular flexibility index (Phi) is 3.70. The molecule has 0 saturated heterocycles. The van der Waals surface area contributed by atoms with Crippen molar-refractivity contribution >= 4 is 23.5 Å². The summed E-state index contributed by atoms with van der Waals surface area (Å²) in [4.78, 5) is 18.6. The molecule has 0 bridgehead atoms. The molecule has 0 aliphatic heterocycles. The van der Waals surface area contributed by atoms with Crippen LogP contribution in [0.2, 0.25) is 0 Å². The molecule has 0 aliphatic carbocycles. The lowest BCUT2D eigenvalue weighted by Crippen LogP contribution is -2.25. The first-order valence-electron chi connectivity index (χ1n) is 3.99. The molecule has 0 saturated carbocycles. The summed E-state index contributed by atoms with van der Waals surface area (Å²) >= 11 is 1.46. The van der Waals surface area contributed by atoms with Crippen LogP contribution in [0.25, 0.3) is 0 Å². The molecule has 0 aromatic carbocycles. The molecule has 1 aromatic heterocycles. The Bertz CT molecular complexity index is 332. The van der Waals surface area contributed by atoms with Crippen molar-refractivity contribution in [3.05, 3.63) is 12.4 Å². The quantitative estimate of drug-likeness (QED) is 0.729. The Morgan fingerprint density at radius 1 is 1.64 bits per heavy atom. The van der Waals surface area contributed by atoms with Gasteiger partial charge in [-0.15, -0.1) is 11.8 Å². The Morgan fingerprint density at radius 2 is 2.36 bits per heavy atom. The summed E-state index contributed by atoms with van der Waals surface area (Å²) in [5, 5.41) is 12.1. The van der Waals surface area contributed by atoms with Crippen molar-refractivity contribution in [3.8, 4) is 0 Å². The SMILES string of the molecule is CSc1cncc(NC(C)C(=O)O)n1. The molecular weight excluding hydrogens is 202 g/mol. The van der Waals surface area contributed by atoms with Crippen molar-refractivity contribution in [1.29, 1.82) is 0 Å². The monoisotopic (exact) mass is 213 g/mol. The van der Waals surface area contributed by atoms with E-state index in [0.717, 1.165) is 5.03 Å². The first-order valence-corrected chi connectivity index (χ1v) is 5.21. The number of hydrogen-bond acceptors (Lipinski definition) is 5. The Balaban J connectivity index is 2.71. The normalized spacial score (nSPS) is 12.1. The first kappa shape index (κ1) is 10.8. The number of rotatable bonds is 4. The topological polar surface area (TPSA) is 75.1 Å². The van der Waals surface area contributed by atoms with Crippen LogP contribution >= 0.6 is 11.8 Å². The smallest absolute Gasteiger partial charge is 0.325 e. The summed E-state index contributed by atoms with van der Waals surface area (Å²) in [7, 11) is 0. The molecule has 1 heterocycles. The van der Waals surface area contributed by atoms with Gasteiger partial charge in [0.1, 0.15) is 16.9 Å². The maximum Gasteiger partial charge on any atom is 0.325 e. The molecular formula is C8H11N3O2S. The van der Waals surface area contributed by atoms with Gasteiger partial charge in [-0.2, -0.15) is 0 Å². The van der Waals surface area contributed by atoms with Crippen LogP contribution in [-0.2, 0) is 4.79 Å². The summed E-state index contributed by atoms with van der Waals surface area (Å²) in [6, 6.07) is -0.665. The van der Waals surface area contributed by atoms with Gasteiger partial charge in [-0.1, -0.05) is 0 Å². The van der Waals surface area contributed by atoms with Gasteiger partial charge in [0.15, 0.2) is 0 Å². The van der Waals surface area contributed by atoms with E-state index in [9.17, 15) is 4.79 Å². The van der Waals surface area contributed by atoms with Gasteiger partial charge in [-0.25, -0.2) is 4.98 Å². The highest BCUT2D eigenvalue weighted by Gasteiger charge is 2.10. The third-order valence-electron chi connectivity index (χ3n) is 1.56. The van der Waals surface area contributed by atoms with Crippen LogP contribution < -0.4 is 5.32 Å². The average molecular weight is 213 g/mol. The Morgan fingerprint density at radius 3 is 2.93 bits per heavy atom. The van der Waals surface area contributed by atoms with Gasteiger partial charge >= 0.3 is 5.97 Å². The van der Waals surface area contributed by atoms with E-state index in [1.165, 1.54) is 18.0 Å². The number of carbonyl (C=O) groups is 1. The average Bonchev–Trinajstić information content (AvgIpc) is 2.18. The maximum atomic E-state index is 10.5. The van der Waals surface area contributed by atoms with Crippen molar-refractivity contribution < 1.29 is 9.90 Å². The number of carboxylic acids is 1. The summed E-state index contributed by atoms with van der Waals surface area (Å²) in [6.45, 7) is 1.55. The third kappa shape index (κ3) is 2.88. The number of aliphatic carboxylic acids is 1. The minimum Gasteiger partial charge on any atom is -0.480 e. The molecule has 2 N–H and O–H groups in total. The van der Waals surface area contributed by atoms with E-state index in [1.807, 2.05) is 6.26 Å². The van der Waals surface area contributed by atoms with E-state index in [2.05, 4.69) is 15.3 Å². The lowest BCUT2D eigenvalue weighted by molar-refractivity contribution is -0.137. The molecule has 0 amide bonds. The maximum absolute atomic E-state index is 10.5. The molecule has 1 atom stereocenters. The van der Waals surface area contributed by atoms with Crippen LogP contribution in [0.5, 0.6) is 0 Å². The molecule has 1 aromatic rings. The van der Waals surface area contributed by atoms with Crippen molar-refractivity contribution in [2.75, 3.05) is 11.6 Å². The van der Waals surface area contributed by atoms with Gasteiger partial charge in [0.05, 0.1) is 12.4 Å². The highest BCUT2D eigenvalue weighted by molar-refractivity contribution is 7.98. The molecule has 5 nitrogen and oxygen atoms in total. The van der Waals surface area contributed by atoms with Crippen molar-refractivity contribution in [3.63, 3.8) is 0 Å². The van der Waals surface area contributed by atoms with Crippen molar-refractivity contribution in [2.45, 2.75) is 18.0 Å². The van der Waals surface area contributed by atoms with Crippen molar-refractivity contribution in [2.24, 2.45) is 0 Å². The number of nitrogens with zero attached hydrogens (tertiary/aromatic N) is 2. The van der Waals surface area contributed by atoms with Gasteiger partial charge in [0.2, 0.25) is 0 Å². The molecule has 1 unspecified atom stereocenters. The molecule has 0 spiro atoms. The molecule has 0 fully saturated rings. The standard InChI is InChI=1S/C8H11N3O2S/c1-5(8(12)13)10-6-3-9-4-7(11-6)14-2/h3-5H,1-2H3,(H,10,11)(H,12,13). The van der Waals surface area contributed by atoms with Crippen LogP contribution in [0.3, 0.4) is 0 Å². The van der Waals surface area contributed by atoms with Crippen LogP contribution in [0, 0.1) is 0 Å². The number of anilines is 1. The van der Waals surface area contributed by atoms with E-state index in [4.69, 9.17) is 5.11 Å².